The molecule has 17 heteroatoms. The van der Waals surface area contributed by atoms with Gasteiger partial charge >= 0.3 is 41.7 Å². The second-order valence-corrected chi connectivity index (χ2v) is 6.86. The van der Waals surface area contributed by atoms with Crippen LogP contribution in [0, 0.1) is 0 Å². The molecule has 0 aliphatic carbocycles. The van der Waals surface area contributed by atoms with E-state index >= 15 is 0 Å². The summed E-state index contributed by atoms with van der Waals surface area (Å²) in [5.41, 5.74) is 0. The van der Waals surface area contributed by atoms with Gasteiger partial charge in [0.1, 0.15) is 0 Å². The molecule has 0 saturated carbocycles. The predicted molar refractivity (Wildman–Crippen MR) is 59.3 cm³/mol. The highest BCUT2D eigenvalue weighted by atomic mass is 127. The minimum Gasteiger partial charge on any atom is -0.226 e. The second kappa shape index (κ2) is 6.05. The van der Waals surface area contributed by atoms with E-state index in [4.69, 9.17) is 0 Å². The Hall–Kier alpha value is -0.390. The van der Waals surface area contributed by atoms with Crippen LogP contribution in [0.15, 0.2) is 0 Å². The van der Waals surface area contributed by atoms with Crippen LogP contribution >= 0.6 is 22.6 Å². The summed E-state index contributed by atoms with van der Waals surface area (Å²) < 4.78 is 198. The third kappa shape index (κ3) is 3.08. The first-order valence-corrected chi connectivity index (χ1v) is 6.54. The number of rotatable bonds is 6. The zero-order chi connectivity index (χ0) is 22.0. The maximum absolute atomic E-state index is 13.1. The van der Waals surface area contributed by atoms with Gasteiger partial charge in [0.2, 0.25) is 3.68 Å². The lowest BCUT2D eigenvalue weighted by Gasteiger charge is -2.42. The average molecular weight is 542 g/mol. The van der Waals surface area contributed by atoms with Gasteiger partial charge in [-0.1, -0.05) is 0 Å². The summed E-state index contributed by atoms with van der Waals surface area (Å²) in [7, 11) is 0. The quantitative estimate of drug-likeness (QED) is 0.205. The summed E-state index contributed by atoms with van der Waals surface area (Å²) in [4.78, 5) is 0. The summed E-state index contributed by atoms with van der Waals surface area (Å²) in [6, 6.07) is 0. The molecule has 0 bridgehead atoms. The van der Waals surface area contributed by atoms with E-state index in [0.29, 0.717) is 0 Å². The Bertz CT molecular complexity index is 475. The third-order valence-electron chi connectivity index (χ3n) is 2.88. The van der Waals surface area contributed by atoms with Crippen molar-refractivity contribution in [3.63, 3.8) is 0 Å². The van der Waals surface area contributed by atoms with Crippen molar-refractivity contribution in [3.8, 4) is 0 Å². The Morgan fingerprint density at radius 1 is 0.385 bits per heavy atom. The van der Waals surface area contributed by atoms with E-state index in [1.165, 1.54) is 0 Å². The molecule has 158 valence electrons. The minimum absolute atomic E-state index is 0.328. The number of hydrogen-bond acceptors (Lipinski definition) is 0. The molecule has 0 heterocycles. The van der Waals surface area contributed by atoms with Gasteiger partial charge in [-0.15, -0.1) is 0 Å². The molecule has 0 amide bonds. The van der Waals surface area contributed by atoms with Crippen molar-refractivity contribution in [1.82, 2.24) is 0 Å². The molecule has 0 aliphatic heterocycles. The van der Waals surface area contributed by atoms with Crippen molar-refractivity contribution in [3.05, 3.63) is 0 Å². The van der Waals surface area contributed by atoms with E-state index in [1.807, 2.05) is 0 Å². The van der Waals surface area contributed by atoms with E-state index in [0.717, 1.165) is 0 Å². The van der Waals surface area contributed by atoms with Gasteiger partial charge in [-0.2, -0.15) is 65.9 Å². The number of alkyl halides is 17. The molecule has 0 aliphatic rings. The topological polar surface area (TPSA) is 0 Å². The zero-order valence-electron chi connectivity index (χ0n) is 11.4. The third-order valence-corrected chi connectivity index (χ3v) is 3.56. The Balaban J connectivity index is 6.61. The molecule has 1 atom stereocenters. The Kier molecular flexibility index (Phi) is 5.96. The Labute approximate surface area is 146 Å². The lowest BCUT2D eigenvalue weighted by molar-refractivity contribution is -0.454. The highest BCUT2D eigenvalue weighted by Gasteiger charge is 2.94. The van der Waals surface area contributed by atoms with Gasteiger partial charge < -0.3 is 0 Å². The molecule has 0 N–H and O–H groups in total. The second-order valence-electron chi connectivity index (χ2n) is 4.83. The van der Waals surface area contributed by atoms with E-state index < -0.39 is 52.3 Å². The zero-order valence-corrected chi connectivity index (χ0v) is 13.6. The molecule has 0 rings (SSSR count). The monoisotopic (exact) mass is 542 g/mol. The average Bonchev–Trinajstić information content (AvgIpc) is 2.34. The van der Waals surface area contributed by atoms with Gasteiger partial charge in [0, 0.05) is 0 Å². The van der Waals surface area contributed by atoms with Gasteiger partial charge in [-0.3, -0.25) is 0 Å². The summed E-state index contributed by atoms with van der Waals surface area (Å²) in [5.74, 6) is -47.7. The van der Waals surface area contributed by atoms with Crippen LogP contribution in [0.25, 0.3) is 0 Å². The van der Waals surface area contributed by atoms with Crippen molar-refractivity contribution < 1.29 is 70.2 Å². The van der Waals surface area contributed by atoms with E-state index in [-0.39, 0.29) is 22.6 Å². The molecular weight excluding hydrogens is 539 g/mol. The molecular formula is C9H3F16I. The normalized spacial score (nSPS) is 18.7. The molecule has 1 unspecified atom stereocenters. The van der Waals surface area contributed by atoms with Gasteiger partial charge in [-0.05, 0) is 29.5 Å². The molecule has 0 aromatic heterocycles. The van der Waals surface area contributed by atoms with Gasteiger partial charge in [0.05, 0.1) is 0 Å². The largest absolute Gasteiger partial charge is 0.460 e. The highest BCUT2D eigenvalue weighted by Crippen LogP contribution is 2.64. The number of halogens is 17. The van der Waals surface area contributed by atoms with Crippen molar-refractivity contribution in [2.45, 2.75) is 52.3 Å². The van der Waals surface area contributed by atoms with Crippen LogP contribution in [-0.4, -0.2) is 45.4 Å². The van der Waals surface area contributed by atoms with E-state index in [1.54, 1.807) is 0 Å². The summed E-state index contributed by atoms with van der Waals surface area (Å²) in [5, 5.41) is 0. The fourth-order valence-electron chi connectivity index (χ4n) is 1.24. The van der Waals surface area contributed by atoms with Crippen molar-refractivity contribution in [2.75, 3.05) is 0 Å². The van der Waals surface area contributed by atoms with Crippen LogP contribution in [0.3, 0.4) is 0 Å². The van der Waals surface area contributed by atoms with Crippen molar-refractivity contribution in [1.29, 1.82) is 0 Å². The van der Waals surface area contributed by atoms with Crippen LogP contribution in [0.4, 0.5) is 70.2 Å². The maximum atomic E-state index is 13.1. The molecule has 0 aromatic carbocycles. The molecule has 0 nitrogen and oxygen atoms in total. The van der Waals surface area contributed by atoms with E-state index in [9.17, 15) is 70.2 Å². The lowest BCUT2D eigenvalue weighted by Crippen LogP contribution is -2.74. The molecule has 0 spiro atoms. The highest BCUT2D eigenvalue weighted by molar-refractivity contribution is 14.1. The molecule has 0 saturated heterocycles. The molecule has 26 heavy (non-hydrogen) atoms. The summed E-state index contributed by atoms with van der Waals surface area (Å²) >= 11 is -0.328. The smallest absolute Gasteiger partial charge is 0.226 e. The minimum atomic E-state index is -8.40. The van der Waals surface area contributed by atoms with Gasteiger partial charge in [0.25, 0.3) is 0 Å². The van der Waals surface area contributed by atoms with Gasteiger partial charge in [-0.25, -0.2) is 4.39 Å². The standard InChI is InChI=1S/C9H3F16I/c1-2(10,26)3(11,12)4(13,14)5(15,16)6(17,18)7(19,20)8(21,22)9(23,24)25/h1H3. The molecule has 0 aromatic rings. The summed E-state index contributed by atoms with van der Waals surface area (Å²) in [6.45, 7) is -0.599. The van der Waals surface area contributed by atoms with Crippen LogP contribution in [0.5, 0.6) is 0 Å². The maximum Gasteiger partial charge on any atom is 0.460 e. The van der Waals surface area contributed by atoms with Crippen molar-refractivity contribution in [2.24, 2.45) is 0 Å². The predicted octanol–water partition coefficient (Wildman–Crippen LogP) is 6.48. The van der Waals surface area contributed by atoms with Crippen LogP contribution in [0.1, 0.15) is 6.92 Å². The summed E-state index contributed by atoms with van der Waals surface area (Å²) in [6.07, 6.45) is -7.66. The molecule has 0 radical (unpaired) electrons. The van der Waals surface area contributed by atoms with Gasteiger partial charge in [0.15, 0.2) is 0 Å². The Morgan fingerprint density at radius 3 is 0.769 bits per heavy atom. The molecule has 0 fully saturated rings. The fraction of sp³-hybridized carbons (Fsp3) is 1.00. The van der Waals surface area contributed by atoms with Crippen LogP contribution in [0.2, 0.25) is 0 Å². The first kappa shape index (κ1) is 25.6. The van der Waals surface area contributed by atoms with E-state index in [2.05, 4.69) is 0 Å². The fourth-order valence-corrected chi connectivity index (χ4v) is 1.58. The SMILES string of the molecule is CC(F)(I)C(F)(F)C(F)(F)C(F)(F)C(F)(F)C(F)(F)C(F)(F)C(F)(F)F. The Morgan fingerprint density at radius 2 is 0.577 bits per heavy atom. The lowest BCUT2D eigenvalue weighted by atomic mass is 9.90. The van der Waals surface area contributed by atoms with Crippen LogP contribution < -0.4 is 0 Å². The first-order chi connectivity index (χ1) is 10.8. The first-order valence-electron chi connectivity index (χ1n) is 5.46. The number of hydrogen-bond donors (Lipinski definition) is 0. The van der Waals surface area contributed by atoms with Crippen LogP contribution in [-0.2, 0) is 0 Å². The van der Waals surface area contributed by atoms with Crippen molar-refractivity contribution >= 4 is 22.6 Å².